The van der Waals surface area contributed by atoms with Crippen molar-refractivity contribution in [1.29, 1.82) is 0 Å². The second kappa shape index (κ2) is 3.25. The number of nitrogens with zero attached hydrogens (tertiary/aromatic N) is 1. The minimum atomic E-state index is -0.0458. The summed E-state index contributed by atoms with van der Waals surface area (Å²) < 4.78 is 0. The van der Waals surface area contributed by atoms with Gasteiger partial charge in [-0.15, -0.1) is 0 Å². The van der Waals surface area contributed by atoms with E-state index < -0.39 is 0 Å². The highest BCUT2D eigenvalue weighted by Gasteiger charge is 2.03. The summed E-state index contributed by atoms with van der Waals surface area (Å²) in [6.07, 6.45) is 0.750. The van der Waals surface area contributed by atoms with Gasteiger partial charge in [0.15, 0.2) is 0 Å². The van der Waals surface area contributed by atoms with E-state index in [2.05, 4.69) is 9.97 Å². The number of aromatic nitrogens is 2. The lowest BCUT2D eigenvalue weighted by Gasteiger charge is -2.02. The van der Waals surface area contributed by atoms with E-state index in [9.17, 15) is 4.79 Å². The van der Waals surface area contributed by atoms with Crippen LogP contribution in [0.15, 0.2) is 23.0 Å². The van der Waals surface area contributed by atoms with E-state index in [1.807, 2.05) is 26.0 Å². The zero-order valence-electron chi connectivity index (χ0n) is 8.29. The summed E-state index contributed by atoms with van der Waals surface area (Å²) >= 11 is 0. The molecule has 0 aliphatic carbocycles. The van der Waals surface area contributed by atoms with Crippen molar-refractivity contribution in [1.82, 2.24) is 9.97 Å². The van der Waals surface area contributed by atoms with Crippen molar-refractivity contribution in [2.24, 2.45) is 0 Å². The molecular formula is C11H12N2O. The molecule has 0 bridgehead atoms. The minimum absolute atomic E-state index is 0.0458. The van der Waals surface area contributed by atoms with Crippen LogP contribution in [0.2, 0.25) is 0 Å². The van der Waals surface area contributed by atoms with Gasteiger partial charge in [-0.1, -0.05) is 19.1 Å². The van der Waals surface area contributed by atoms with Gasteiger partial charge in [-0.05, 0) is 18.6 Å². The molecule has 0 saturated carbocycles. The fourth-order valence-electron chi connectivity index (χ4n) is 1.52. The summed E-state index contributed by atoms with van der Waals surface area (Å²) in [5.41, 5.74) is 1.81. The number of aromatic amines is 1. The maximum absolute atomic E-state index is 11.6. The van der Waals surface area contributed by atoms with Crippen LogP contribution in [0.25, 0.3) is 10.9 Å². The van der Waals surface area contributed by atoms with Gasteiger partial charge in [0.2, 0.25) is 0 Å². The average Bonchev–Trinajstić information content (AvgIpc) is 2.19. The molecule has 1 heterocycles. The normalized spacial score (nSPS) is 10.7. The van der Waals surface area contributed by atoms with Gasteiger partial charge in [-0.3, -0.25) is 4.79 Å². The lowest BCUT2D eigenvalue weighted by atomic mass is 10.1. The van der Waals surface area contributed by atoms with E-state index in [-0.39, 0.29) is 5.56 Å². The third-order valence-electron chi connectivity index (χ3n) is 2.32. The Labute approximate surface area is 81.8 Å². The van der Waals surface area contributed by atoms with Crippen LogP contribution in [-0.2, 0) is 6.42 Å². The van der Waals surface area contributed by atoms with E-state index in [0.717, 1.165) is 23.3 Å². The number of nitrogens with one attached hydrogen (secondary N) is 1. The lowest BCUT2D eigenvalue weighted by molar-refractivity contribution is 0.942. The molecule has 1 N–H and O–H groups in total. The molecule has 0 saturated heterocycles. The molecule has 0 radical (unpaired) electrons. The van der Waals surface area contributed by atoms with Crippen LogP contribution in [0.1, 0.15) is 18.3 Å². The van der Waals surface area contributed by atoms with Crippen LogP contribution in [-0.4, -0.2) is 9.97 Å². The highest BCUT2D eigenvalue weighted by atomic mass is 16.1. The van der Waals surface area contributed by atoms with Crippen molar-refractivity contribution in [3.63, 3.8) is 0 Å². The van der Waals surface area contributed by atoms with E-state index in [1.165, 1.54) is 0 Å². The van der Waals surface area contributed by atoms with Crippen LogP contribution in [0.4, 0.5) is 0 Å². The molecule has 3 heteroatoms. The number of rotatable bonds is 1. The van der Waals surface area contributed by atoms with Gasteiger partial charge in [0, 0.05) is 6.42 Å². The summed E-state index contributed by atoms with van der Waals surface area (Å²) in [7, 11) is 0. The monoisotopic (exact) mass is 188 g/mol. The molecule has 0 fully saturated rings. The third-order valence-corrected chi connectivity index (χ3v) is 2.32. The van der Waals surface area contributed by atoms with Gasteiger partial charge < -0.3 is 4.98 Å². The Kier molecular flexibility index (Phi) is 2.08. The maximum Gasteiger partial charge on any atom is 0.258 e. The molecule has 3 nitrogen and oxygen atoms in total. The minimum Gasteiger partial charge on any atom is -0.310 e. The molecular weight excluding hydrogens is 176 g/mol. The number of para-hydroxylation sites is 1. The summed E-state index contributed by atoms with van der Waals surface area (Å²) in [5.74, 6) is 0.747. The molecule has 0 amide bonds. The fourth-order valence-corrected chi connectivity index (χ4v) is 1.52. The first-order valence-electron chi connectivity index (χ1n) is 4.71. The number of hydrogen-bond acceptors (Lipinski definition) is 2. The Morgan fingerprint density at radius 1 is 1.43 bits per heavy atom. The van der Waals surface area contributed by atoms with Crippen LogP contribution < -0.4 is 5.56 Å². The van der Waals surface area contributed by atoms with Crippen molar-refractivity contribution >= 4 is 10.9 Å². The van der Waals surface area contributed by atoms with Crippen LogP contribution >= 0.6 is 0 Å². The number of hydrogen-bond donors (Lipinski definition) is 1. The van der Waals surface area contributed by atoms with Crippen LogP contribution in [0, 0.1) is 6.92 Å². The first kappa shape index (κ1) is 8.94. The van der Waals surface area contributed by atoms with Crippen LogP contribution in [0.5, 0.6) is 0 Å². The van der Waals surface area contributed by atoms with Crippen LogP contribution in [0.3, 0.4) is 0 Å². The Morgan fingerprint density at radius 2 is 2.21 bits per heavy atom. The van der Waals surface area contributed by atoms with E-state index >= 15 is 0 Å². The predicted molar refractivity (Wildman–Crippen MR) is 56.5 cm³/mol. The molecule has 0 atom stereocenters. The topological polar surface area (TPSA) is 45.8 Å². The molecule has 2 aromatic rings. The molecule has 0 aliphatic rings. The van der Waals surface area contributed by atoms with Crippen molar-refractivity contribution in [2.75, 3.05) is 0 Å². The average molecular weight is 188 g/mol. The van der Waals surface area contributed by atoms with E-state index in [0.29, 0.717) is 5.39 Å². The van der Waals surface area contributed by atoms with Gasteiger partial charge in [0.1, 0.15) is 5.82 Å². The van der Waals surface area contributed by atoms with Gasteiger partial charge in [-0.2, -0.15) is 0 Å². The first-order valence-corrected chi connectivity index (χ1v) is 4.71. The van der Waals surface area contributed by atoms with E-state index in [4.69, 9.17) is 0 Å². The molecule has 0 unspecified atom stereocenters. The molecule has 72 valence electrons. The SMILES string of the molecule is CCc1nc2c(C)cccc2c(=O)[nH]1. The number of aryl methyl sites for hydroxylation is 2. The largest absolute Gasteiger partial charge is 0.310 e. The van der Waals surface area contributed by atoms with Crippen molar-refractivity contribution in [3.05, 3.63) is 39.9 Å². The molecule has 0 aliphatic heterocycles. The lowest BCUT2D eigenvalue weighted by Crippen LogP contribution is -2.11. The number of H-pyrrole nitrogens is 1. The van der Waals surface area contributed by atoms with E-state index in [1.54, 1.807) is 6.07 Å². The fraction of sp³-hybridized carbons (Fsp3) is 0.273. The Morgan fingerprint density at radius 3 is 2.93 bits per heavy atom. The quantitative estimate of drug-likeness (QED) is 0.741. The molecule has 14 heavy (non-hydrogen) atoms. The first-order chi connectivity index (χ1) is 6.72. The predicted octanol–water partition coefficient (Wildman–Crippen LogP) is 1.79. The Bertz CT molecular complexity index is 528. The summed E-state index contributed by atoms with van der Waals surface area (Å²) in [5, 5.41) is 0.669. The number of benzene rings is 1. The number of fused-ring (bicyclic) bond motifs is 1. The van der Waals surface area contributed by atoms with Crippen molar-refractivity contribution in [3.8, 4) is 0 Å². The smallest absolute Gasteiger partial charge is 0.258 e. The summed E-state index contributed by atoms with van der Waals surface area (Å²) in [6, 6.07) is 5.64. The zero-order valence-corrected chi connectivity index (χ0v) is 8.29. The molecule has 1 aromatic carbocycles. The van der Waals surface area contributed by atoms with Crippen molar-refractivity contribution in [2.45, 2.75) is 20.3 Å². The zero-order chi connectivity index (χ0) is 10.1. The molecule has 0 spiro atoms. The van der Waals surface area contributed by atoms with Gasteiger partial charge >= 0.3 is 0 Å². The standard InChI is InChI=1S/C11H12N2O/c1-3-9-12-10-7(2)5-4-6-8(10)11(14)13-9/h4-6H,3H2,1-2H3,(H,12,13,14). The maximum atomic E-state index is 11.6. The van der Waals surface area contributed by atoms with Gasteiger partial charge in [0.05, 0.1) is 10.9 Å². The Balaban J connectivity index is 2.91. The third kappa shape index (κ3) is 1.31. The summed E-state index contributed by atoms with van der Waals surface area (Å²) in [6.45, 7) is 3.94. The molecule has 1 aromatic heterocycles. The van der Waals surface area contributed by atoms with Crippen molar-refractivity contribution < 1.29 is 0 Å². The molecule has 2 rings (SSSR count). The summed E-state index contributed by atoms with van der Waals surface area (Å²) in [4.78, 5) is 18.8. The van der Waals surface area contributed by atoms with Gasteiger partial charge in [-0.25, -0.2) is 4.98 Å². The highest BCUT2D eigenvalue weighted by Crippen LogP contribution is 2.11. The van der Waals surface area contributed by atoms with Gasteiger partial charge in [0.25, 0.3) is 5.56 Å². The Hall–Kier alpha value is -1.64. The second-order valence-corrected chi connectivity index (χ2v) is 3.34. The second-order valence-electron chi connectivity index (χ2n) is 3.34. The highest BCUT2D eigenvalue weighted by molar-refractivity contribution is 5.80.